The summed E-state index contributed by atoms with van der Waals surface area (Å²) in [6.45, 7) is 0. The third-order valence-corrected chi connectivity index (χ3v) is 14.2. The normalized spacial score (nSPS) is 10.8. The first-order chi connectivity index (χ1) is 19.5. The molecule has 0 aliphatic rings. The van der Waals surface area contributed by atoms with E-state index in [1.54, 1.807) is 0 Å². The molecule has 42 heavy (non-hydrogen) atoms. The molecule has 0 atom stereocenters. The van der Waals surface area contributed by atoms with Gasteiger partial charge in [-0.05, 0) is 182 Å². The molecular formula is C22H10Cl4I6N2O6S2. The number of hydrogen-bond acceptors (Lipinski definition) is 8. The van der Waals surface area contributed by atoms with Crippen LogP contribution in [-0.4, -0.2) is 55.8 Å². The Kier molecular flexibility index (Phi) is 18.1. The van der Waals surface area contributed by atoms with Crippen molar-refractivity contribution >= 4 is 250 Å². The van der Waals surface area contributed by atoms with Gasteiger partial charge < -0.3 is 10.6 Å². The Morgan fingerprint density at radius 3 is 0.929 bits per heavy atom. The van der Waals surface area contributed by atoms with Crippen molar-refractivity contribution in [3.63, 3.8) is 0 Å². The fraction of sp³-hybridized carbons (Fsp3) is 0.182. The van der Waals surface area contributed by atoms with E-state index in [4.69, 9.17) is 46.4 Å². The second-order valence-corrected chi connectivity index (χ2v) is 17.5. The van der Waals surface area contributed by atoms with Gasteiger partial charge in [-0.3, -0.25) is 28.8 Å². The van der Waals surface area contributed by atoms with Crippen molar-refractivity contribution in [1.29, 1.82) is 0 Å². The highest BCUT2D eigenvalue weighted by molar-refractivity contribution is 14.1. The van der Waals surface area contributed by atoms with Gasteiger partial charge in [0, 0.05) is 18.6 Å². The van der Waals surface area contributed by atoms with Crippen LogP contribution in [0.25, 0.3) is 0 Å². The van der Waals surface area contributed by atoms with Crippen molar-refractivity contribution in [1.82, 2.24) is 0 Å². The Morgan fingerprint density at radius 2 is 0.714 bits per heavy atom. The van der Waals surface area contributed by atoms with Gasteiger partial charge in [-0.25, -0.2) is 0 Å². The predicted octanol–water partition coefficient (Wildman–Crippen LogP) is 8.87. The van der Waals surface area contributed by atoms with Crippen LogP contribution in [0.4, 0.5) is 11.4 Å². The summed E-state index contributed by atoms with van der Waals surface area (Å²) in [7, 11) is 0. The molecule has 0 fully saturated rings. The van der Waals surface area contributed by atoms with Gasteiger partial charge in [0.25, 0.3) is 21.0 Å². The van der Waals surface area contributed by atoms with Crippen molar-refractivity contribution in [3.8, 4) is 0 Å². The molecule has 2 rings (SSSR count). The first-order valence-corrected chi connectivity index (χ1v) is 20.8. The number of carbonyl (C=O) groups excluding carboxylic acids is 6. The topological polar surface area (TPSA) is 126 Å². The van der Waals surface area contributed by atoms with Crippen LogP contribution in [-0.2, 0) is 9.59 Å². The molecule has 0 heterocycles. The molecule has 0 aliphatic heterocycles. The number of nitrogens with one attached hydrogen (secondary N) is 2. The van der Waals surface area contributed by atoms with Crippen LogP contribution in [0.1, 0.15) is 41.4 Å². The summed E-state index contributed by atoms with van der Waals surface area (Å²) in [6, 6.07) is 0. The lowest BCUT2D eigenvalue weighted by Crippen LogP contribution is -2.20. The summed E-state index contributed by atoms with van der Waals surface area (Å²) in [5.41, 5.74) is 0.908. The average molecular weight is 1370 g/mol. The van der Waals surface area contributed by atoms with E-state index in [2.05, 4.69) is 10.6 Å². The highest BCUT2D eigenvalue weighted by Crippen LogP contribution is 2.38. The predicted molar refractivity (Wildman–Crippen MR) is 222 cm³/mol. The molecule has 8 nitrogen and oxygen atoms in total. The van der Waals surface area contributed by atoms with Gasteiger partial charge in [0.15, 0.2) is 0 Å². The van der Waals surface area contributed by atoms with Crippen LogP contribution in [0.3, 0.4) is 0 Å². The Balaban J connectivity index is 1.97. The minimum atomic E-state index is -0.780. The molecule has 2 aromatic carbocycles. The molecule has 0 spiro atoms. The largest absolute Gasteiger partial charge is 0.323 e. The molecule has 2 amide bonds. The SMILES string of the molecule is O=C(CSCCSCC(=O)Nc1c(I)c(C(=O)Cl)c(I)c(C(=O)Cl)c1I)Nc1c(I)c(C(=O)Cl)c(I)c(C(=O)Cl)c1I. The van der Waals surface area contributed by atoms with E-state index < -0.39 is 21.0 Å². The van der Waals surface area contributed by atoms with Crippen LogP contribution in [0.15, 0.2) is 0 Å². The number of hydrogen-bond donors (Lipinski definition) is 2. The van der Waals surface area contributed by atoms with Gasteiger partial charge in [-0.15, -0.1) is 0 Å². The lowest BCUT2D eigenvalue weighted by Gasteiger charge is -2.17. The Hall–Kier alpha value is 2.30. The van der Waals surface area contributed by atoms with Gasteiger partial charge in [0.2, 0.25) is 11.8 Å². The minimum absolute atomic E-state index is 0.0721. The lowest BCUT2D eigenvalue weighted by molar-refractivity contribution is -0.114. The number of thioether (sulfide) groups is 2. The third-order valence-electron chi connectivity index (χ3n) is 4.79. The van der Waals surface area contributed by atoms with Gasteiger partial charge in [-0.2, -0.15) is 23.5 Å². The van der Waals surface area contributed by atoms with Crippen molar-refractivity contribution in [3.05, 3.63) is 43.7 Å². The van der Waals surface area contributed by atoms with E-state index in [-0.39, 0.29) is 56.9 Å². The van der Waals surface area contributed by atoms with Gasteiger partial charge >= 0.3 is 0 Å². The van der Waals surface area contributed by atoms with Crippen molar-refractivity contribution in [2.24, 2.45) is 0 Å². The van der Waals surface area contributed by atoms with Gasteiger partial charge in [0.05, 0.1) is 59.4 Å². The molecule has 2 N–H and O–H groups in total. The van der Waals surface area contributed by atoms with Crippen LogP contribution in [0.5, 0.6) is 0 Å². The quantitative estimate of drug-likeness (QED) is 0.116. The summed E-state index contributed by atoms with van der Waals surface area (Å²) in [6.07, 6.45) is 0. The highest BCUT2D eigenvalue weighted by atomic mass is 127. The minimum Gasteiger partial charge on any atom is -0.323 e. The van der Waals surface area contributed by atoms with E-state index in [0.717, 1.165) is 0 Å². The fourth-order valence-electron chi connectivity index (χ4n) is 3.04. The molecule has 0 aliphatic carbocycles. The molecule has 0 radical (unpaired) electrons. The van der Waals surface area contributed by atoms with Gasteiger partial charge in [0.1, 0.15) is 0 Å². The van der Waals surface area contributed by atoms with Crippen LogP contribution < -0.4 is 10.6 Å². The molecule has 0 aromatic heterocycles. The standard InChI is InChI=1S/C22H10Cl4I6N2O6S2/c23-19(37)7-11(27)8(20(24)38)14(30)17(13(7)29)33-5(35)3-41-1-2-42-4-6(36)34-18-15(31)9(21(25)39)12(28)10(16(18)32)22(26)40/h1-4H2,(H,33,35)(H,34,36). The third kappa shape index (κ3) is 10.4. The van der Waals surface area contributed by atoms with E-state index in [0.29, 0.717) is 32.9 Å². The summed E-state index contributed by atoms with van der Waals surface area (Å²) in [5, 5.41) is 2.35. The highest BCUT2D eigenvalue weighted by Gasteiger charge is 2.28. The first kappa shape index (κ1) is 40.5. The Bertz CT molecular complexity index is 1340. The van der Waals surface area contributed by atoms with E-state index in [1.165, 1.54) is 23.5 Å². The Labute approximate surface area is 349 Å². The second kappa shape index (κ2) is 18.7. The molecule has 0 saturated heterocycles. The van der Waals surface area contributed by atoms with Gasteiger partial charge in [-0.1, -0.05) is 0 Å². The van der Waals surface area contributed by atoms with Crippen molar-refractivity contribution < 1.29 is 28.8 Å². The first-order valence-electron chi connectivity index (χ1n) is 10.5. The number of rotatable bonds is 13. The maximum absolute atomic E-state index is 12.6. The average Bonchev–Trinajstić information content (AvgIpc) is 2.85. The van der Waals surface area contributed by atoms with Crippen molar-refractivity contribution in [2.75, 3.05) is 33.6 Å². The maximum Gasteiger partial charge on any atom is 0.254 e. The molecule has 226 valence electrons. The zero-order chi connectivity index (χ0) is 32.0. The monoisotopic (exact) mass is 1360 g/mol. The fourth-order valence-corrected chi connectivity index (χ4v) is 15.6. The van der Waals surface area contributed by atoms with Crippen molar-refractivity contribution in [2.45, 2.75) is 0 Å². The maximum atomic E-state index is 12.6. The van der Waals surface area contributed by atoms with Crippen LogP contribution in [0.2, 0.25) is 0 Å². The Morgan fingerprint density at radius 1 is 0.476 bits per heavy atom. The molecule has 0 saturated carbocycles. The molecule has 2 aromatic rings. The van der Waals surface area contributed by atoms with Crippen LogP contribution >= 0.6 is 205 Å². The number of anilines is 2. The molecular weight excluding hydrogens is 1360 g/mol. The van der Waals surface area contributed by atoms with E-state index >= 15 is 0 Å². The molecule has 20 heteroatoms. The summed E-state index contributed by atoms with van der Waals surface area (Å²) >= 11 is 36.7. The van der Waals surface area contributed by atoms with E-state index in [9.17, 15) is 28.8 Å². The molecule has 0 bridgehead atoms. The molecule has 0 unspecified atom stereocenters. The second-order valence-electron chi connectivity index (χ2n) is 7.43. The zero-order valence-corrected chi connectivity index (χ0v) is 37.5. The number of benzene rings is 2. The summed E-state index contributed by atoms with van der Waals surface area (Å²) in [5.74, 6) is 0.496. The van der Waals surface area contributed by atoms with Crippen LogP contribution in [0, 0.1) is 21.4 Å². The summed E-state index contributed by atoms with van der Waals surface area (Å²) < 4.78 is 2.19. The number of halogens is 10. The lowest BCUT2D eigenvalue weighted by atomic mass is 10.1. The summed E-state index contributed by atoms with van der Waals surface area (Å²) in [4.78, 5) is 73.2. The van der Waals surface area contributed by atoms with E-state index in [1.807, 2.05) is 136 Å². The zero-order valence-electron chi connectivity index (χ0n) is 19.9. The number of amides is 2. The smallest absolute Gasteiger partial charge is 0.254 e. The number of carbonyl (C=O) groups is 6.